The molecule has 1 rings (SSSR count). The lowest BCUT2D eigenvalue weighted by Gasteiger charge is -2.24. The van der Waals surface area contributed by atoms with E-state index in [1.807, 2.05) is 20.8 Å². The van der Waals surface area contributed by atoms with E-state index < -0.39 is 16.8 Å². The lowest BCUT2D eigenvalue weighted by Crippen LogP contribution is -2.47. The molecule has 1 aromatic carbocycles. The average molecular weight is 283 g/mol. The highest BCUT2D eigenvalue weighted by atomic mass is 19.1. The van der Waals surface area contributed by atoms with Gasteiger partial charge in [0.1, 0.15) is 6.04 Å². The summed E-state index contributed by atoms with van der Waals surface area (Å²) in [6, 6.07) is 2.58. The molecule has 0 aliphatic rings. The van der Waals surface area contributed by atoms with Crippen LogP contribution in [0.2, 0.25) is 0 Å². The molecular formula is C13H18FN3O3. The molecule has 0 radical (unpaired) electrons. The summed E-state index contributed by atoms with van der Waals surface area (Å²) in [5.74, 6) is -1.05. The highest BCUT2D eigenvalue weighted by molar-refractivity contribution is 5.84. The Morgan fingerprint density at radius 3 is 2.45 bits per heavy atom. The van der Waals surface area contributed by atoms with Gasteiger partial charge in [0.25, 0.3) is 5.69 Å². The monoisotopic (exact) mass is 283 g/mol. The molecule has 1 unspecified atom stereocenters. The van der Waals surface area contributed by atoms with Crippen LogP contribution in [0.5, 0.6) is 0 Å². The number of non-ortho nitro benzene ring substituents is 1. The van der Waals surface area contributed by atoms with Gasteiger partial charge in [-0.2, -0.15) is 0 Å². The van der Waals surface area contributed by atoms with E-state index in [1.165, 1.54) is 12.1 Å². The third-order valence-corrected chi connectivity index (χ3v) is 2.43. The number of rotatable bonds is 4. The van der Waals surface area contributed by atoms with Gasteiger partial charge in [-0.15, -0.1) is 0 Å². The second-order valence-electron chi connectivity index (χ2n) is 5.53. The predicted octanol–water partition coefficient (Wildman–Crippen LogP) is 2.45. The van der Waals surface area contributed by atoms with Gasteiger partial charge in [-0.3, -0.25) is 14.9 Å². The maximum absolute atomic E-state index is 13.7. The number of benzene rings is 1. The maximum atomic E-state index is 13.7. The maximum Gasteiger partial charge on any atom is 0.272 e. The van der Waals surface area contributed by atoms with Crippen LogP contribution in [0.4, 0.5) is 15.8 Å². The van der Waals surface area contributed by atoms with Crippen LogP contribution in [-0.4, -0.2) is 22.4 Å². The van der Waals surface area contributed by atoms with Gasteiger partial charge in [-0.05, 0) is 33.8 Å². The molecule has 0 heterocycles. The summed E-state index contributed by atoms with van der Waals surface area (Å²) >= 11 is 0. The summed E-state index contributed by atoms with van der Waals surface area (Å²) < 4.78 is 13.7. The van der Waals surface area contributed by atoms with Crippen molar-refractivity contribution in [1.29, 1.82) is 0 Å². The number of anilines is 1. The van der Waals surface area contributed by atoms with Crippen LogP contribution in [-0.2, 0) is 4.79 Å². The molecule has 1 amide bonds. The van der Waals surface area contributed by atoms with E-state index in [9.17, 15) is 19.3 Å². The van der Waals surface area contributed by atoms with Gasteiger partial charge in [0, 0.05) is 11.6 Å². The fourth-order valence-electron chi connectivity index (χ4n) is 1.51. The molecule has 0 aliphatic heterocycles. The van der Waals surface area contributed by atoms with E-state index in [2.05, 4.69) is 10.6 Å². The summed E-state index contributed by atoms with van der Waals surface area (Å²) in [5, 5.41) is 16.0. The van der Waals surface area contributed by atoms with Crippen LogP contribution < -0.4 is 10.6 Å². The van der Waals surface area contributed by atoms with Gasteiger partial charge in [-0.25, -0.2) is 4.39 Å². The number of nitrogens with zero attached hydrogens (tertiary/aromatic N) is 1. The molecule has 6 nitrogen and oxygen atoms in total. The van der Waals surface area contributed by atoms with E-state index in [0.29, 0.717) is 0 Å². The van der Waals surface area contributed by atoms with Gasteiger partial charge >= 0.3 is 0 Å². The molecule has 7 heteroatoms. The second-order valence-corrected chi connectivity index (χ2v) is 5.53. The van der Waals surface area contributed by atoms with Crippen molar-refractivity contribution in [3.05, 3.63) is 34.1 Å². The zero-order valence-electron chi connectivity index (χ0n) is 11.9. The standard InChI is InChI=1S/C13H18FN3O3/c1-8(12(18)16-13(2,3)4)15-11-6-5-9(17(19)20)7-10(11)14/h5-8,15H,1-4H3,(H,16,18). The Labute approximate surface area is 116 Å². The molecule has 1 aromatic rings. The highest BCUT2D eigenvalue weighted by Gasteiger charge is 2.20. The minimum Gasteiger partial charge on any atom is -0.372 e. The number of hydrogen-bond acceptors (Lipinski definition) is 4. The van der Waals surface area contributed by atoms with E-state index in [0.717, 1.165) is 6.07 Å². The van der Waals surface area contributed by atoms with Gasteiger partial charge < -0.3 is 10.6 Å². The van der Waals surface area contributed by atoms with E-state index in [-0.39, 0.29) is 22.8 Å². The molecule has 0 fully saturated rings. The van der Waals surface area contributed by atoms with Crippen molar-refractivity contribution in [3.63, 3.8) is 0 Å². The van der Waals surface area contributed by atoms with Crippen LogP contribution in [0.15, 0.2) is 18.2 Å². The summed E-state index contributed by atoms with van der Waals surface area (Å²) in [4.78, 5) is 21.7. The number of hydrogen-bond donors (Lipinski definition) is 2. The third-order valence-electron chi connectivity index (χ3n) is 2.43. The normalized spacial score (nSPS) is 12.7. The number of halogens is 1. The van der Waals surface area contributed by atoms with E-state index >= 15 is 0 Å². The molecule has 110 valence electrons. The largest absolute Gasteiger partial charge is 0.372 e. The van der Waals surface area contributed by atoms with Crippen LogP contribution in [0.1, 0.15) is 27.7 Å². The first-order valence-corrected chi connectivity index (χ1v) is 6.12. The van der Waals surface area contributed by atoms with E-state index in [1.54, 1.807) is 6.92 Å². The van der Waals surface area contributed by atoms with Crippen LogP contribution in [0.25, 0.3) is 0 Å². The molecule has 0 bridgehead atoms. The number of carbonyl (C=O) groups is 1. The number of nitro groups is 1. The summed E-state index contributed by atoms with van der Waals surface area (Å²) in [6.45, 7) is 7.10. The summed E-state index contributed by atoms with van der Waals surface area (Å²) in [7, 11) is 0. The van der Waals surface area contributed by atoms with Crippen molar-refractivity contribution in [2.45, 2.75) is 39.3 Å². The van der Waals surface area contributed by atoms with Gasteiger partial charge in [0.15, 0.2) is 5.82 Å². The first-order chi connectivity index (χ1) is 9.10. The van der Waals surface area contributed by atoms with Crippen molar-refractivity contribution in [1.82, 2.24) is 5.32 Å². The SMILES string of the molecule is CC(Nc1ccc([N+](=O)[O-])cc1F)C(=O)NC(C)(C)C. The van der Waals surface area contributed by atoms with Crippen molar-refractivity contribution < 1.29 is 14.1 Å². The molecular weight excluding hydrogens is 265 g/mol. The number of amides is 1. The van der Waals surface area contributed by atoms with Gasteiger partial charge in [-0.1, -0.05) is 0 Å². The Balaban J connectivity index is 2.78. The quantitative estimate of drug-likeness (QED) is 0.656. The Morgan fingerprint density at radius 2 is 2.00 bits per heavy atom. The molecule has 20 heavy (non-hydrogen) atoms. The van der Waals surface area contributed by atoms with Crippen molar-refractivity contribution in [3.8, 4) is 0 Å². The topological polar surface area (TPSA) is 84.3 Å². The minimum atomic E-state index is -0.769. The number of nitrogens with one attached hydrogen (secondary N) is 2. The molecule has 0 aliphatic carbocycles. The van der Waals surface area contributed by atoms with Crippen molar-refractivity contribution in [2.24, 2.45) is 0 Å². The van der Waals surface area contributed by atoms with Crippen LogP contribution in [0.3, 0.4) is 0 Å². The first-order valence-electron chi connectivity index (χ1n) is 6.12. The Hall–Kier alpha value is -2.18. The lowest BCUT2D eigenvalue weighted by atomic mass is 10.1. The number of carbonyl (C=O) groups excluding carboxylic acids is 1. The van der Waals surface area contributed by atoms with E-state index in [4.69, 9.17) is 0 Å². The molecule has 0 aromatic heterocycles. The first kappa shape index (κ1) is 15.9. The Morgan fingerprint density at radius 1 is 1.40 bits per heavy atom. The zero-order valence-corrected chi connectivity index (χ0v) is 11.9. The minimum absolute atomic E-state index is 0.0483. The highest BCUT2D eigenvalue weighted by Crippen LogP contribution is 2.21. The lowest BCUT2D eigenvalue weighted by molar-refractivity contribution is -0.385. The molecule has 1 atom stereocenters. The molecule has 0 saturated heterocycles. The fourth-order valence-corrected chi connectivity index (χ4v) is 1.51. The van der Waals surface area contributed by atoms with Gasteiger partial charge in [0.2, 0.25) is 5.91 Å². The Bertz CT molecular complexity index is 526. The van der Waals surface area contributed by atoms with Crippen molar-refractivity contribution >= 4 is 17.3 Å². The smallest absolute Gasteiger partial charge is 0.272 e. The predicted molar refractivity (Wildman–Crippen MR) is 74.0 cm³/mol. The number of nitro benzene ring substituents is 1. The Kier molecular flexibility index (Phi) is 4.65. The van der Waals surface area contributed by atoms with Crippen molar-refractivity contribution in [2.75, 3.05) is 5.32 Å². The van der Waals surface area contributed by atoms with Gasteiger partial charge in [0.05, 0.1) is 16.7 Å². The zero-order chi connectivity index (χ0) is 15.5. The van der Waals surface area contributed by atoms with Crippen LogP contribution in [0, 0.1) is 15.9 Å². The van der Waals surface area contributed by atoms with Crippen LogP contribution >= 0.6 is 0 Å². The fraction of sp³-hybridized carbons (Fsp3) is 0.462. The summed E-state index contributed by atoms with van der Waals surface area (Å²) in [6.07, 6.45) is 0. The third kappa shape index (κ3) is 4.49. The second kappa shape index (κ2) is 5.85. The average Bonchev–Trinajstić information content (AvgIpc) is 2.29. The molecule has 0 saturated carbocycles. The molecule has 2 N–H and O–H groups in total. The summed E-state index contributed by atoms with van der Waals surface area (Å²) in [5.41, 5.74) is -0.673. The molecule has 0 spiro atoms.